The summed E-state index contributed by atoms with van der Waals surface area (Å²) in [6, 6.07) is 8.05. The molecule has 2 aromatic carbocycles. The lowest BCUT2D eigenvalue weighted by Crippen LogP contribution is -2.55. The van der Waals surface area contributed by atoms with E-state index in [-0.39, 0.29) is 11.1 Å². The van der Waals surface area contributed by atoms with Crippen LogP contribution in [0.25, 0.3) is 11.1 Å². The van der Waals surface area contributed by atoms with E-state index in [4.69, 9.17) is 16.2 Å². The summed E-state index contributed by atoms with van der Waals surface area (Å²) < 4.78 is 5.68. The van der Waals surface area contributed by atoms with Gasteiger partial charge in [0.15, 0.2) is 0 Å². The fourth-order valence-corrected chi connectivity index (χ4v) is 4.00. The van der Waals surface area contributed by atoms with E-state index in [0.717, 1.165) is 0 Å². The van der Waals surface area contributed by atoms with Crippen molar-refractivity contribution in [2.45, 2.75) is 44.4 Å². The lowest BCUT2D eigenvalue weighted by Gasteiger charge is -2.40. The molecule has 9 heteroatoms. The zero-order chi connectivity index (χ0) is 23.0. The van der Waals surface area contributed by atoms with Crippen LogP contribution in [0, 0.1) is 13.8 Å². The first-order chi connectivity index (χ1) is 14.6. The van der Waals surface area contributed by atoms with Crippen LogP contribution < -0.4 is 11.5 Å². The lowest BCUT2D eigenvalue weighted by atomic mass is 9.85. The second kappa shape index (κ2) is 8.74. The van der Waals surface area contributed by atoms with Gasteiger partial charge in [0.1, 0.15) is 30.5 Å². The van der Waals surface area contributed by atoms with E-state index < -0.39 is 48.9 Å². The number of nitrogens with two attached hydrogens (primary N) is 2. The molecule has 0 radical (unpaired) electrons. The smallest absolute Gasteiger partial charge is 0.249 e. The van der Waals surface area contributed by atoms with Crippen molar-refractivity contribution in [3.05, 3.63) is 58.1 Å². The van der Waals surface area contributed by atoms with Crippen LogP contribution in [0.4, 0.5) is 0 Å². The summed E-state index contributed by atoms with van der Waals surface area (Å²) in [6.45, 7) is 2.91. The van der Waals surface area contributed by atoms with Crippen LogP contribution in [0.3, 0.4) is 0 Å². The van der Waals surface area contributed by atoms with Crippen molar-refractivity contribution < 1.29 is 34.8 Å². The van der Waals surface area contributed by atoms with Gasteiger partial charge in [-0.15, -0.1) is 0 Å². The molecule has 31 heavy (non-hydrogen) atoms. The van der Waals surface area contributed by atoms with Crippen molar-refractivity contribution in [2.75, 3.05) is 6.61 Å². The van der Waals surface area contributed by atoms with Crippen molar-refractivity contribution in [1.29, 1.82) is 0 Å². The number of amides is 2. The van der Waals surface area contributed by atoms with Gasteiger partial charge in [-0.05, 0) is 53.8 Å². The Morgan fingerprint density at radius 1 is 0.935 bits per heavy atom. The summed E-state index contributed by atoms with van der Waals surface area (Å²) in [5.41, 5.74) is 14.1. The molecule has 1 heterocycles. The summed E-state index contributed by atoms with van der Waals surface area (Å²) in [4.78, 5) is 23.7. The third-order valence-electron chi connectivity index (χ3n) is 5.82. The second-order valence-electron chi connectivity index (χ2n) is 7.69. The van der Waals surface area contributed by atoms with Crippen molar-refractivity contribution in [3.8, 4) is 11.1 Å². The molecule has 0 unspecified atom stereocenters. The van der Waals surface area contributed by atoms with Crippen LogP contribution >= 0.6 is 0 Å². The number of carbonyl (C=O) groups excluding carboxylic acids is 2. The molecule has 9 nitrogen and oxygen atoms in total. The zero-order valence-corrected chi connectivity index (χ0v) is 17.1. The molecule has 0 aliphatic carbocycles. The van der Waals surface area contributed by atoms with Crippen LogP contribution in [0.15, 0.2) is 30.3 Å². The number of carbonyl (C=O) groups is 2. The maximum absolute atomic E-state index is 11.9. The Kier molecular flexibility index (Phi) is 6.44. The highest BCUT2D eigenvalue weighted by atomic mass is 16.5. The molecule has 3 rings (SSSR count). The zero-order valence-electron chi connectivity index (χ0n) is 17.1. The minimum atomic E-state index is -1.51. The molecule has 1 aliphatic heterocycles. The van der Waals surface area contributed by atoms with E-state index >= 15 is 0 Å². The van der Waals surface area contributed by atoms with Gasteiger partial charge in [0, 0.05) is 11.1 Å². The van der Waals surface area contributed by atoms with Gasteiger partial charge in [0.05, 0.1) is 6.61 Å². The summed E-state index contributed by atoms with van der Waals surface area (Å²) in [5.74, 6) is -1.42. The fourth-order valence-electron chi connectivity index (χ4n) is 4.00. The van der Waals surface area contributed by atoms with Gasteiger partial charge in [-0.25, -0.2) is 0 Å². The standard InChI is InChI=1S/C22H26N2O7/c1-9-12(14-6-11(21(23)29)7-15(10(14)2)22(24)30)4-3-5-13(9)20-19(28)18(27)17(26)16(8-25)31-20/h3-7,16-20,25-28H,8H2,1-2H3,(H2,23,29)(H2,24,30)/t16-,17-,18+,19+,20-/m1/s1. The first-order valence-corrected chi connectivity index (χ1v) is 9.73. The van der Waals surface area contributed by atoms with Crippen molar-refractivity contribution in [1.82, 2.24) is 0 Å². The van der Waals surface area contributed by atoms with Crippen molar-refractivity contribution >= 4 is 11.8 Å². The van der Waals surface area contributed by atoms with Gasteiger partial charge in [-0.1, -0.05) is 18.2 Å². The number of rotatable bonds is 5. The molecule has 166 valence electrons. The van der Waals surface area contributed by atoms with Gasteiger partial charge in [-0.3, -0.25) is 9.59 Å². The number of aliphatic hydroxyl groups excluding tert-OH is 4. The highest BCUT2D eigenvalue weighted by Crippen LogP contribution is 2.38. The lowest BCUT2D eigenvalue weighted by molar-refractivity contribution is -0.231. The summed E-state index contributed by atoms with van der Waals surface area (Å²) >= 11 is 0. The fraction of sp³-hybridized carbons (Fsp3) is 0.364. The average Bonchev–Trinajstić information content (AvgIpc) is 2.73. The maximum Gasteiger partial charge on any atom is 0.249 e. The molecule has 1 aliphatic rings. The van der Waals surface area contributed by atoms with E-state index in [1.165, 1.54) is 6.07 Å². The summed E-state index contributed by atoms with van der Waals surface area (Å²) in [7, 11) is 0. The third-order valence-corrected chi connectivity index (χ3v) is 5.82. The summed E-state index contributed by atoms with van der Waals surface area (Å²) in [6.07, 6.45) is -6.49. The molecule has 0 spiro atoms. The van der Waals surface area contributed by atoms with Gasteiger partial charge in [0.2, 0.25) is 11.8 Å². The van der Waals surface area contributed by atoms with E-state index in [1.54, 1.807) is 38.1 Å². The van der Waals surface area contributed by atoms with Crippen LogP contribution in [0.5, 0.6) is 0 Å². The molecule has 1 saturated heterocycles. The summed E-state index contributed by atoms with van der Waals surface area (Å²) in [5, 5.41) is 40.2. The SMILES string of the molecule is Cc1c(C(N)=O)cc(C(N)=O)cc1-c1cccc([C@H]2O[C@H](CO)[C@@H](O)[C@H](O)[C@@H]2O)c1C. The Labute approximate surface area is 178 Å². The largest absolute Gasteiger partial charge is 0.394 e. The number of primary amides is 2. The predicted molar refractivity (Wildman–Crippen MR) is 111 cm³/mol. The maximum atomic E-state index is 11.9. The number of aliphatic hydroxyl groups is 4. The molecule has 5 atom stereocenters. The van der Waals surface area contributed by atoms with Gasteiger partial charge < -0.3 is 36.6 Å². The van der Waals surface area contributed by atoms with E-state index in [0.29, 0.717) is 27.8 Å². The van der Waals surface area contributed by atoms with E-state index in [9.17, 15) is 30.0 Å². The molecule has 0 aromatic heterocycles. The number of benzene rings is 2. The Balaban J connectivity index is 2.16. The molecule has 2 amide bonds. The highest BCUT2D eigenvalue weighted by molar-refractivity contribution is 6.02. The molecular weight excluding hydrogens is 404 g/mol. The van der Waals surface area contributed by atoms with Gasteiger partial charge in [-0.2, -0.15) is 0 Å². The van der Waals surface area contributed by atoms with Crippen LogP contribution in [0.2, 0.25) is 0 Å². The van der Waals surface area contributed by atoms with E-state index in [1.807, 2.05) is 0 Å². The number of ether oxygens (including phenoxy) is 1. The number of hydrogen-bond acceptors (Lipinski definition) is 7. The minimum absolute atomic E-state index is 0.118. The van der Waals surface area contributed by atoms with Crippen molar-refractivity contribution in [2.24, 2.45) is 11.5 Å². The monoisotopic (exact) mass is 430 g/mol. The van der Waals surface area contributed by atoms with E-state index in [2.05, 4.69) is 0 Å². The average molecular weight is 430 g/mol. The second-order valence-corrected chi connectivity index (χ2v) is 7.69. The first kappa shape index (κ1) is 22.9. The normalized spacial score (nSPS) is 25.9. The first-order valence-electron chi connectivity index (χ1n) is 9.73. The Bertz CT molecular complexity index is 1020. The molecular formula is C22H26N2O7. The topological polar surface area (TPSA) is 176 Å². The van der Waals surface area contributed by atoms with Gasteiger partial charge >= 0.3 is 0 Å². The van der Waals surface area contributed by atoms with Crippen LogP contribution in [-0.2, 0) is 4.74 Å². The van der Waals surface area contributed by atoms with Crippen LogP contribution in [-0.4, -0.2) is 63.3 Å². The minimum Gasteiger partial charge on any atom is -0.394 e. The molecule has 8 N–H and O–H groups in total. The van der Waals surface area contributed by atoms with Crippen LogP contribution in [0.1, 0.15) is 43.5 Å². The number of hydrogen-bond donors (Lipinski definition) is 6. The Morgan fingerprint density at radius 2 is 1.61 bits per heavy atom. The Hall–Kier alpha value is -2.82. The predicted octanol–water partition coefficient (Wildman–Crippen LogP) is -0.317. The Morgan fingerprint density at radius 3 is 2.19 bits per heavy atom. The van der Waals surface area contributed by atoms with Crippen molar-refractivity contribution in [3.63, 3.8) is 0 Å². The highest BCUT2D eigenvalue weighted by Gasteiger charge is 2.44. The molecule has 2 aromatic rings. The quantitative estimate of drug-likeness (QED) is 0.376. The third kappa shape index (κ3) is 4.06. The molecule has 0 saturated carbocycles. The molecule has 0 bridgehead atoms. The molecule has 1 fully saturated rings. The van der Waals surface area contributed by atoms with Gasteiger partial charge in [0.25, 0.3) is 0 Å².